The number of aromatic nitrogens is 6. The predicted octanol–water partition coefficient (Wildman–Crippen LogP) is 2.76. The molecule has 0 bridgehead atoms. The molecule has 4 rings (SSSR count). The lowest BCUT2D eigenvalue weighted by atomic mass is 10.2. The number of hydrogen-bond acceptors (Lipinski definition) is 7. The van der Waals surface area contributed by atoms with E-state index in [1.165, 1.54) is 12.5 Å². The largest absolute Gasteiger partial charge is 0.340 e. The summed E-state index contributed by atoms with van der Waals surface area (Å²) in [6, 6.07) is 10.9. The molecule has 0 atom stereocenters. The Kier molecular flexibility index (Phi) is 4.70. The van der Waals surface area contributed by atoms with E-state index in [1.807, 2.05) is 31.3 Å². The molecule has 0 spiro atoms. The van der Waals surface area contributed by atoms with Gasteiger partial charge in [0.25, 0.3) is 5.91 Å². The number of anilines is 3. The second-order valence-electron chi connectivity index (χ2n) is 5.91. The number of nitrogens with one attached hydrogen (secondary N) is 2. The maximum atomic E-state index is 12.2. The molecule has 9 nitrogen and oxygen atoms in total. The Hall–Kier alpha value is -4.14. The van der Waals surface area contributed by atoms with Crippen molar-refractivity contribution in [1.29, 1.82) is 0 Å². The van der Waals surface area contributed by atoms with Crippen molar-refractivity contribution < 1.29 is 4.79 Å². The van der Waals surface area contributed by atoms with E-state index < -0.39 is 0 Å². The quantitative estimate of drug-likeness (QED) is 0.554. The van der Waals surface area contributed by atoms with Gasteiger partial charge in [0, 0.05) is 36.0 Å². The molecule has 0 saturated heterocycles. The van der Waals surface area contributed by atoms with Gasteiger partial charge < -0.3 is 10.6 Å². The Labute approximate surface area is 160 Å². The number of nitrogens with zero attached hydrogens (tertiary/aromatic N) is 6. The fourth-order valence-electron chi connectivity index (χ4n) is 2.43. The van der Waals surface area contributed by atoms with Gasteiger partial charge >= 0.3 is 0 Å². The molecule has 9 heteroatoms. The minimum atomic E-state index is -0.312. The highest BCUT2D eigenvalue weighted by atomic mass is 16.1. The van der Waals surface area contributed by atoms with Gasteiger partial charge in [-0.1, -0.05) is 0 Å². The summed E-state index contributed by atoms with van der Waals surface area (Å²) in [6.45, 7) is 1.82. The number of carbonyl (C=O) groups excluding carboxylic acids is 1. The van der Waals surface area contributed by atoms with E-state index in [0.29, 0.717) is 17.3 Å². The number of rotatable bonds is 5. The molecular weight excluding hydrogens is 356 g/mol. The zero-order valence-corrected chi connectivity index (χ0v) is 14.9. The van der Waals surface area contributed by atoms with Crippen molar-refractivity contribution in [2.45, 2.75) is 6.92 Å². The molecule has 4 aromatic rings. The first-order chi connectivity index (χ1) is 13.7. The summed E-state index contributed by atoms with van der Waals surface area (Å²) < 4.78 is 1.65. The zero-order valence-electron chi connectivity index (χ0n) is 14.9. The third kappa shape index (κ3) is 3.98. The number of carbonyl (C=O) groups is 1. The monoisotopic (exact) mass is 372 g/mol. The van der Waals surface area contributed by atoms with E-state index in [0.717, 1.165) is 11.4 Å². The molecule has 0 radical (unpaired) electrons. The van der Waals surface area contributed by atoms with E-state index in [4.69, 9.17) is 0 Å². The van der Waals surface area contributed by atoms with Crippen LogP contribution in [0.4, 0.5) is 17.2 Å². The van der Waals surface area contributed by atoms with Gasteiger partial charge in [-0.15, -0.1) is 0 Å². The van der Waals surface area contributed by atoms with Gasteiger partial charge in [0.1, 0.15) is 17.8 Å². The van der Waals surface area contributed by atoms with Crippen LogP contribution < -0.4 is 10.6 Å². The molecule has 28 heavy (non-hydrogen) atoms. The Balaban J connectivity index is 1.43. The number of benzene rings is 1. The van der Waals surface area contributed by atoms with Crippen LogP contribution in [0.25, 0.3) is 5.82 Å². The summed E-state index contributed by atoms with van der Waals surface area (Å²) in [7, 11) is 0. The first-order valence-electron chi connectivity index (χ1n) is 8.46. The molecule has 0 unspecified atom stereocenters. The smallest absolute Gasteiger partial charge is 0.275 e. The lowest BCUT2D eigenvalue weighted by Crippen LogP contribution is -2.14. The third-order valence-corrected chi connectivity index (χ3v) is 3.82. The molecule has 1 aromatic carbocycles. The third-order valence-electron chi connectivity index (χ3n) is 3.82. The van der Waals surface area contributed by atoms with Gasteiger partial charge in [0.05, 0.1) is 11.9 Å². The lowest BCUT2D eigenvalue weighted by molar-refractivity contribution is 0.102. The van der Waals surface area contributed by atoms with Gasteiger partial charge in [-0.2, -0.15) is 5.10 Å². The van der Waals surface area contributed by atoms with Crippen LogP contribution in [0.3, 0.4) is 0 Å². The zero-order chi connectivity index (χ0) is 19.3. The van der Waals surface area contributed by atoms with Crippen LogP contribution in [-0.4, -0.2) is 35.6 Å². The summed E-state index contributed by atoms with van der Waals surface area (Å²) in [4.78, 5) is 28.8. The molecule has 0 aliphatic rings. The van der Waals surface area contributed by atoms with Gasteiger partial charge in [-0.05, 0) is 37.3 Å². The van der Waals surface area contributed by atoms with Gasteiger partial charge in [0.15, 0.2) is 5.82 Å². The standard InChI is InChI=1S/C19H16N8O/c1-13-10-21-16(11-20-13)19(28)26-15-5-3-14(4-6-15)25-17-9-18(23-12-22-17)27-8-2-7-24-27/h2-12H,1H3,(H,26,28)(H,22,23,25). The average Bonchev–Trinajstić information content (AvgIpc) is 3.25. The second kappa shape index (κ2) is 7.62. The fraction of sp³-hybridized carbons (Fsp3) is 0.0526. The predicted molar refractivity (Wildman–Crippen MR) is 104 cm³/mol. The molecule has 0 fully saturated rings. The van der Waals surface area contributed by atoms with Gasteiger partial charge in [-0.3, -0.25) is 9.78 Å². The highest BCUT2D eigenvalue weighted by molar-refractivity contribution is 6.02. The molecule has 138 valence electrons. The first kappa shape index (κ1) is 17.3. The normalized spacial score (nSPS) is 10.5. The van der Waals surface area contributed by atoms with Crippen LogP contribution in [0.1, 0.15) is 16.2 Å². The van der Waals surface area contributed by atoms with E-state index in [9.17, 15) is 4.79 Å². The molecule has 0 saturated carbocycles. The molecule has 0 aliphatic carbocycles. The van der Waals surface area contributed by atoms with E-state index >= 15 is 0 Å². The van der Waals surface area contributed by atoms with Gasteiger partial charge in [0.2, 0.25) is 0 Å². The number of aryl methyl sites for hydroxylation is 1. The van der Waals surface area contributed by atoms with E-state index in [1.54, 1.807) is 35.3 Å². The van der Waals surface area contributed by atoms with Crippen LogP contribution in [0.15, 0.2) is 67.5 Å². The molecule has 3 aromatic heterocycles. The van der Waals surface area contributed by atoms with E-state index in [-0.39, 0.29) is 11.6 Å². The van der Waals surface area contributed by atoms with Crippen molar-refractivity contribution in [2.24, 2.45) is 0 Å². The summed E-state index contributed by atoms with van der Waals surface area (Å²) in [5.74, 6) is 0.977. The second-order valence-corrected chi connectivity index (χ2v) is 5.91. The van der Waals surface area contributed by atoms with E-state index in [2.05, 4.69) is 35.7 Å². The molecule has 1 amide bonds. The van der Waals surface area contributed by atoms with Gasteiger partial charge in [-0.25, -0.2) is 19.6 Å². The summed E-state index contributed by atoms with van der Waals surface area (Å²) >= 11 is 0. The Morgan fingerprint density at radius 2 is 1.82 bits per heavy atom. The van der Waals surface area contributed by atoms with Crippen molar-refractivity contribution in [3.63, 3.8) is 0 Å². The Morgan fingerprint density at radius 3 is 2.54 bits per heavy atom. The van der Waals surface area contributed by atoms with Crippen LogP contribution in [0.5, 0.6) is 0 Å². The summed E-state index contributed by atoms with van der Waals surface area (Å²) in [5.41, 5.74) is 2.49. The number of hydrogen-bond donors (Lipinski definition) is 2. The number of amides is 1. The maximum Gasteiger partial charge on any atom is 0.275 e. The lowest BCUT2D eigenvalue weighted by Gasteiger charge is -2.09. The highest BCUT2D eigenvalue weighted by Crippen LogP contribution is 2.19. The maximum absolute atomic E-state index is 12.2. The minimum Gasteiger partial charge on any atom is -0.340 e. The van der Waals surface area contributed by atoms with Crippen LogP contribution in [-0.2, 0) is 0 Å². The first-order valence-corrected chi connectivity index (χ1v) is 8.46. The van der Waals surface area contributed by atoms with Crippen molar-refractivity contribution in [3.05, 3.63) is 78.9 Å². The van der Waals surface area contributed by atoms with Crippen molar-refractivity contribution >= 4 is 23.1 Å². The molecule has 0 aliphatic heterocycles. The van der Waals surface area contributed by atoms with Crippen molar-refractivity contribution in [2.75, 3.05) is 10.6 Å². The van der Waals surface area contributed by atoms with Crippen LogP contribution in [0, 0.1) is 6.92 Å². The SMILES string of the molecule is Cc1cnc(C(=O)Nc2ccc(Nc3cc(-n4cccn4)ncn3)cc2)cn1. The van der Waals surface area contributed by atoms with Crippen molar-refractivity contribution in [1.82, 2.24) is 29.7 Å². The van der Waals surface area contributed by atoms with Crippen molar-refractivity contribution in [3.8, 4) is 5.82 Å². The Bertz CT molecular complexity index is 1080. The topological polar surface area (TPSA) is 111 Å². The fourth-order valence-corrected chi connectivity index (χ4v) is 2.43. The molecular formula is C19H16N8O. The molecule has 3 heterocycles. The minimum absolute atomic E-state index is 0.264. The highest BCUT2D eigenvalue weighted by Gasteiger charge is 2.08. The Morgan fingerprint density at radius 1 is 1.00 bits per heavy atom. The molecule has 2 N–H and O–H groups in total. The van der Waals surface area contributed by atoms with Crippen LogP contribution >= 0.6 is 0 Å². The average molecular weight is 372 g/mol. The summed E-state index contributed by atoms with van der Waals surface area (Å²) in [5, 5.41) is 10.1. The summed E-state index contributed by atoms with van der Waals surface area (Å²) in [6.07, 6.45) is 7.97. The van der Waals surface area contributed by atoms with Crippen LogP contribution in [0.2, 0.25) is 0 Å².